The van der Waals surface area contributed by atoms with E-state index in [1.807, 2.05) is 0 Å². The number of nitrogens with zero attached hydrogens (tertiary/aromatic N) is 3. The molecule has 6 N–H and O–H groups in total. The Morgan fingerprint density at radius 3 is 2.20 bits per heavy atom. The lowest BCUT2D eigenvalue weighted by Gasteiger charge is -2.22. The van der Waals surface area contributed by atoms with E-state index in [0.717, 1.165) is 25.4 Å². The van der Waals surface area contributed by atoms with Crippen LogP contribution in [-0.4, -0.2) is 69.8 Å². The molecule has 0 atom stereocenters. The number of aliphatic imine (C=N–C) groups is 1. The third kappa shape index (κ3) is 9.73. The lowest BCUT2D eigenvalue weighted by Crippen LogP contribution is -2.42. The number of sulfonamides is 1. The van der Waals surface area contributed by atoms with Gasteiger partial charge in [0.25, 0.3) is 5.91 Å². The molecule has 0 aliphatic heterocycles. The number of amides is 1. The molecule has 0 spiro atoms. The van der Waals surface area contributed by atoms with Crippen LogP contribution in [0.2, 0.25) is 0 Å². The third-order valence-electron chi connectivity index (χ3n) is 5.38. The molecule has 1 aromatic carbocycles. The van der Waals surface area contributed by atoms with Crippen LogP contribution in [0.1, 0.15) is 22.8 Å². The number of rotatable bonds is 12. The van der Waals surface area contributed by atoms with Gasteiger partial charge < -0.3 is 24.8 Å². The molecule has 18 heteroatoms. The number of hydrogen-bond acceptors (Lipinski definition) is 12. The van der Waals surface area contributed by atoms with Crippen LogP contribution in [0.5, 0.6) is 17.4 Å². The van der Waals surface area contributed by atoms with Gasteiger partial charge in [-0.2, -0.15) is 13.2 Å². The van der Waals surface area contributed by atoms with Crippen molar-refractivity contribution in [2.75, 3.05) is 32.9 Å². The zero-order chi connectivity index (χ0) is 33.4. The average molecular weight is 641 g/mol. The second kappa shape index (κ2) is 14.4. The summed E-state index contributed by atoms with van der Waals surface area (Å²) in [6.07, 6.45) is -1.73. The number of pyridine rings is 1. The number of carbonyl (C=O) groups is 1. The molecular weight excluding hydrogens is 609 g/mol. The molecule has 0 aliphatic carbocycles. The summed E-state index contributed by atoms with van der Waals surface area (Å²) in [6.45, 7) is 7.84. The predicted molar refractivity (Wildman–Crippen MR) is 159 cm³/mol. The number of benzene rings is 1. The van der Waals surface area contributed by atoms with Crippen molar-refractivity contribution in [2.45, 2.75) is 13.1 Å². The van der Waals surface area contributed by atoms with E-state index in [4.69, 9.17) is 25.5 Å². The topological polar surface area (TPSA) is 193 Å². The van der Waals surface area contributed by atoms with Crippen molar-refractivity contribution in [3.8, 4) is 17.4 Å². The van der Waals surface area contributed by atoms with E-state index in [0.29, 0.717) is 22.2 Å². The number of halogens is 3. The van der Waals surface area contributed by atoms with Gasteiger partial charge in [-0.1, -0.05) is 13.2 Å². The highest BCUT2D eigenvalue weighted by Crippen LogP contribution is 2.28. The first-order chi connectivity index (χ1) is 20.4. The van der Waals surface area contributed by atoms with Crippen molar-refractivity contribution >= 4 is 38.9 Å². The SMILES string of the molecule is C=C(NC=C(C(=N)N(N)C(C)=NC(=C)C(F)(F)F)c1cnc(OC)c(C(=O)NS(C)(=O)=O)c1)Nc1cc(OC)cc(OC)c1. The van der Waals surface area contributed by atoms with Crippen molar-refractivity contribution in [2.24, 2.45) is 10.8 Å². The van der Waals surface area contributed by atoms with E-state index >= 15 is 0 Å². The first kappa shape index (κ1) is 35.1. The van der Waals surface area contributed by atoms with Crippen molar-refractivity contribution in [1.29, 1.82) is 5.41 Å². The quantitative estimate of drug-likeness (QED) is 0.0991. The molecule has 2 aromatic rings. The van der Waals surface area contributed by atoms with Crippen LogP contribution in [0.15, 0.2) is 66.3 Å². The highest BCUT2D eigenvalue weighted by atomic mass is 32.2. The minimum Gasteiger partial charge on any atom is -0.497 e. The minimum atomic E-state index is -4.85. The number of hydrazine groups is 1. The van der Waals surface area contributed by atoms with Gasteiger partial charge in [-0.3, -0.25) is 10.2 Å². The van der Waals surface area contributed by atoms with Gasteiger partial charge in [0, 0.05) is 47.4 Å². The zero-order valence-electron chi connectivity index (χ0n) is 24.3. The van der Waals surface area contributed by atoms with Crippen molar-refractivity contribution in [3.63, 3.8) is 0 Å². The Morgan fingerprint density at radius 1 is 1.11 bits per heavy atom. The minimum absolute atomic E-state index is 0.00398. The molecule has 0 radical (unpaired) electrons. The number of anilines is 1. The van der Waals surface area contributed by atoms with Crippen LogP contribution in [-0.2, 0) is 10.0 Å². The molecule has 0 fully saturated rings. The normalized spacial score (nSPS) is 12.1. The fourth-order valence-electron chi connectivity index (χ4n) is 3.29. The summed E-state index contributed by atoms with van der Waals surface area (Å²) in [5, 5.41) is 15.0. The Labute approximate surface area is 251 Å². The molecule has 1 amide bonds. The van der Waals surface area contributed by atoms with E-state index in [1.165, 1.54) is 27.5 Å². The standard InChI is InChI=1S/C26H31F3N8O6S/c1-14(26(27,28)29)34-16(3)37(31)23(30)22(13-32-15(2)35-18-9-19(41-4)11-20(10-18)42-5)17-8-21(25(43-6)33-12-17)24(38)36-44(7,39)40/h8-13,30,32,35H,1-2,31H2,3-7H3,(H,36,38). The van der Waals surface area contributed by atoms with E-state index in [9.17, 15) is 26.4 Å². The smallest absolute Gasteiger partial charge is 0.432 e. The molecule has 44 heavy (non-hydrogen) atoms. The van der Waals surface area contributed by atoms with Crippen LogP contribution >= 0.6 is 0 Å². The number of allylic oxidation sites excluding steroid dienone is 1. The number of alkyl halides is 3. The van der Waals surface area contributed by atoms with E-state index in [-0.39, 0.29) is 28.4 Å². The third-order valence-corrected chi connectivity index (χ3v) is 5.94. The van der Waals surface area contributed by atoms with Gasteiger partial charge in [0.2, 0.25) is 15.9 Å². The maximum atomic E-state index is 13.0. The summed E-state index contributed by atoms with van der Waals surface area (Å²) >= 11 is 0. The van der Waals surface area contributed by atoms with Gasteiger partial charge in [-0.05, 0) is 13.0 Å². The molecule has 1 aromatic heterocycles. The van der Waals surface area contributed by atoms with Crippen LogP contribution in [0.3, 0.4) is 0 Å². The molecule has 0 unspecified atom stereocenters. The highest BCUT2D eigenvalue weighted by molar-refractivity contribution is 7.89. The molecule has 1 heterocycles. The molecule has 0 saturated carbocycles. The highest BCUT2D eigenvalue weighted by Gasteiger charge is 2.32. The van der Waals surface area contributed by atoms with Crippen molar-refractivity contribution in [1.82, 2.24) is 20.0 Å². The maximum absolute atomic E-state index is 13.0. The van der Waals surface area contributed by atoms with Crippen LogP contribution in [0, 0.1) is 5.41 Å². The number of carbonyl (C=O) groups excluding carboxylic acids is 1. The number of amidine groups is 2. The molecule has 238 valence electrons. The van der Waals surface area contributed by atoms with Crippen molar-refractivity contribution < 1.29 is 40.6 Å². The summed E-state index contributed by atoms with van der Waals surface area (Å²) in [7, 11) is 0.134. The number of ether oxygens (including phenoxy) is 3. The zero-order valence-corrected chi connectivity index (χ0v) is 25.1. The Bertz CT molecular complexity index is 1600. The fourth-order valence-corrected chi connectivity index (χ4v) is 3.74. The van der Waals surface area contributed by atoms with Gasteiger partial charge in [0.1, 0.15) is 34.4 Å². The average Bonchev–Trinajstić information content (AvgIpc) is 2.94. The fraction of sp³-hybridized carbons (Fsp3) is 0.231. The van der Waals surface area contributed by atoms with E-state index in [1.54, 1.807) is 22.9 Å². The second-order valence-corrected chi connectivity index (χ2v) is 10.5. The summed E-state index contributed by atoms with van der Waals surface area (Å²) in [4.78, 5) is 20.0. The summed E-state index contributed by atoms with van der Waals surface area (Å²) in [6, 6.07) is 6.06. The number of methoxy groups -OCH3 is 3. The van der Waals surface area contributed by atoms with Crippen LogP contribution in [0.25, 0.3) is 5.57 Å². The lowest BCUT2D eigenvalue weighted by molar-refractivity contribution is -0.0920. The van der Waals surface area contributed by atoms with Gasteiger partial charge >= 0.3 is 6.18 Å². The van der Waals surface area contributed by atoms with Gasteiger partial charge in [0.05, 0.1) is 33.4 Å². The van der Waals surface area contributed by atoms with Crippen LogP contribution in [0.4, 0.5) is 18.9 Å². The van der Waals surface area contributed by atoms with Gasteiger partial charge in [-0.25, -0.2) is 34.0 Å². The number of nitrogens with one attached hydrogen (secondary N) is 4. The lowest BCUT2D eigenvalue weighted by atomic mass is 10.0. The molecular formula is C26H31F3N8O6S. The Morgan fingerprint density at radius 2 is 1.70 bits per heavy atom. The maximum Gasteiger partial charge on any atom is 0.432 e. The van der Waals surface area contributed by atoms with Crippen LogP contribution < -0.4 is 35.4 Å². The van der Waals surface area contributed by atoms with Gasteiger partial charge in [-0.15, -0.1) is 0 Å². The first-order valence-electron chi connectivity index (χ1n) is 12.1. The first-order valence-corrected chi connectivity index (χ1v) is 14.0. The largest absolute Gasteiger partial charge is 0.497 e. The number of aromatic nitrogens is 1. The molecule has 0 bridgehead atoms. The predicted octanol–water partition coefficient (Wildman–Crippen LogP) is 2.96. The number of nitrogens with two attached hydrogens (primary N) is 1. The molecule has 0 saturated heterocycles. The molecule has 2 rings (SSSR count). The Balaban J connectivity index is 2.58. The van der Waals surface area contributed by atoms with E-state index < -0.39 is 39.5 Å². The molecule has 0 aliphatic rings. The second-order valence-electron chi connectivity index (χ2n) is 8.71. The number of hydrogen-bond donors (Lipinski definition) is 5. The monoisotopic (exact) mass is 640 g/mol. The summed E-state index contributed by atoms with van der Waals surface area (Å²) < 4.78 is 79.7. The molecule has 14 nitrogen and oxygen atoms in total. The summed E-state index contributed by atoms with van der Waals surface area (Å²) in [5.74, 6) is 4.60. The Hall–Kier alpha value is -5.10. The van der Waals surface area contributed by atoms with E-state index in [2.05, 4.69) is 33.8 Å². The summed E-state index contributed by atoms with van der Waals surface area (Å²) in [5.41, 5.74) is -1.46. The van der Waals surface area contributed by atoms with Gasteiger partial charge in [0.15, 0.2) is 0 Å². The van der Waals surface area contributed by atoms with Crippen molar-refractivity contribution in [3.05, 3.63) is 72.5 Å². The Kier molecular flexibility index (Phi) is 11.5.